The van der Waals surface area contributed by atoms with Gasteiger partial charge in [-0.25, -0.2) is 13.2 Å². The van der Waals surface area contributed by atoms with Crippen LogP contribution in [0.3, 0.4) is 0 Å². The molecule has 0 bridgehead atoms. The molecular weight excluding hydrogens is 396 g/mol. The van der Waals surface area contributed by atoms with Crippen molar-refractivity contribution in [1.82, 2.24) is 20.3 Å². The molecule has 1 aromatic rings. The third-order valence-corrected chi connectivity index (χ3v) is 6.59. The van der Waals surface area contributed by atoms with E-state index in [2.05, 4.69) is 16.0 Å². The molecule has 150 valence electrons. The standard InChI is InChI=1S/C16H22N4O5S.ClH/c1-16(14(21)18-15(22)19-16)12-10-11(4-5-13(12)25-2)26(23,24)20-8-3-6-17-7-9-20;/h4-5,10,17H,3,6-9H2,1-2H3,(H2,18,19,21,22);1H. The maximum Gasteiger partial charge on any atom is 0.322 e. The molecule has 0 aliphatic carbocycles. The van der Waals surface area contributed by atoms with E-state index in [0.29, 0.717) is 25.4 Å². The minimum atomic E-state index is -3.73. The van der Waals surface area contributed by atoms with Crippen LogP contribution in [0.5, 0.6) is 5.75 Å². The average Bonchev–Trinajstić information content (AvgIpc) is 2.81. The molecule has 0 radical (unpaired) electrons. The highest BCUT2D eigenvalue weighted by Crippen LogP contribution is 2.34. The summed E-state index contributed by atoms with van der Waals surface area (Å²) < 4.78 is 32.8. The minimum absolute atomic E-state index is 0. The Bertz CT molecular complexity index is 839. The van der Waals surface area contributed by atoms with Gasteiger partial charge in [0.1, 0.15) is 11.3 Å². The number of carbonyl (C=O) groups excluding carboxylic acids is 2. The van der Waals surface area contributed by atoms with Gasteiger partial charge in [-0.3, -0.25) is 10.1 Å². The topological polar surface area (TPSA) is 117 Å². The maximum absolute atomic E-state index is 13.0. The molecule has 9 nitrogen and oxygen atoms in total. The molecule has 2 heterocycles. The molecule has 0 spiro atoms. The highest BCUT2D eigenvalue weighted by Gasteiger charge is 2.45. The van der Waals surface area contributed by atoms with Crippen molar-refractivity contribution in [2.24, 2.45) is 0 Å². The van der Waals surface area contributed by atoms with Crippen molar-refractivity contribution in [3.05, 3.63) is 23.8 Å². The Morgan fingerprint density at radius 3 is 2.56 bits per heavy atom. The summed E-state index contributed by atoms with van der Waals surface area (Å²) in [6, 6.07) is 3.72. The number of nitrogens with one attached hydrogen (secondary N) is 3. The van der Waals surface area contributed by atoms with Crippen LogP contribution in [0.2, 0.25) is 0 Å². The molecule has 3 amide bonds. The Morgan fingerprint density at radius 2 is 1.93 bits per heavy atom. The second-order valence-corrected chi connectivity index (χ2v) is 8.34. The number of hydrogen-bond donors (Lipinski definition) is 3. The molecule has 2 saturated heterocycles. The Kier molecular flexibility index (Phi) is 6.35. The zero-order valence-electron chi connectivity index (χ0n) is 15.1. The van der Waals surface area contributed by atoms with E-state index in [1.165, 1.54) is 36.5 Å². The lowest BCUT2D eigenvalue weighted by atomic mass is 9.91. The molecule has 1 atom stereocenters. The Labute approximate surface area is 164 Å². The second-order valence-electron chi connectivity index (χ2n) is 6.40. The maximum atomic E-state index is 13.0. The van der Waals surface area contributed by atoms with E-state index in [4.69, 9.17) is 4.74 Å². The third kappa shape index (κ3) is 3.88. The summed E-state index contributed by atoms with van der Waals surface area (Å²) in [7, 11) is -2.30. The summed E-state index contributed by atoms with van der Waals surface area (Å²) >= 11 is 0. The van der Waals surface area contributed by atoms with Crippen molar-refractivity contribution in [2.45, 2.75) is 23.8 Å². The Balaban J connectivity index is 0.00000261. The average molecular weight is 419 g/mol. The van der Waals surface area contributed by atoms with Crippen LogP contribution < -0.4 is 20.7 Å². The van der Waals surface area contributed by atoms with Gasteiger partial charge in [0, 0.05) is 25.2 Å². The van der Waals surface area contributed by atoms with Crippen LogP contribution in [0.25, 0.3) is 0 Å². The first-order chi connectivity index (χ1) is 12.3. The number of ether oxygens (including phenoxy) is 1. The van der Waals surface area contributed by atoms with Crippen LogP contribution >= 0.6 is 12.4 Å². The third-order valence-electron chi connectivity index (χ3n) is 4.69. The number of hydrogen-bond acceptors (Lipinski definition) is 6. The summed E-state index contributed by atoms with van der Waals surface area (Å²) in [5.74, 6) is -0.240. The van der Waals surface area contributed by atoms with E-state index in [0.717, 1.165) is 13.0 Å². The van der Waals surface area contributed by atoms with Gasteiger partial charge in [0.2, 0.25) is 10.0 Å². The van der Waals surface area contributed by atoms with Gasteiger partial charge in [-0.1, -0.05) is 0 Å². The number of benzene rings is 1. The monoisotopic (exact) mass is 418 g/mol. The van der Waals surface area contributed by atoms with Gasteiger partial charge in [-0.2, -0.15) is 4.31 Å². The van der Waals surface area contributed by atoms with Crippen LogP contribution in [0.4, 0.5) is 4.79 Å². The lowest BCUT2D eigenvalue weighted by molar-refractivity contribution is -0.123. The first-order valence-electron chi connectivity index (χ1n) is 8.32. The predicted molar refractivity (Wildman–Crippen MR) is 101 cm³/mol. The summed E-state index contributed by atoms with van der Waals surface area (Å²) in [4.78, 5) is 23.9. The van der Waals surface area contributed by atoms with Crippen molar-refractivity contribution < 1.29 is 22.7 Å². The summed E-state index contributed by atoms with van der Waals surface area (Å²) in [6.07, 6.45) is 0.721. The van der Waals surface area contributed by atoms with E-state index >= 15 is 0 Å². The fourth-order valence-corrected chi connectivity index (χ4v) is 4.69. The first-order valence-corrected chi connectivity index (χ1v) is 9.76. The number of carbonyl (C=O) groups is 2. The number of sulfonamides is 1. The molecule has 0 aromatic heterocycles. The summed E-state index contributed by atoms with van der Waals surface area (Å²) in [5.41, 5.74) is -1.12. The van der Waals surface area contributed by atoms with Crippen molar-refractivity contribution in [3.63, 3.8) is 0 Å². The Morgan fingerprint density at radius 1 is 1.19 bits per heavy atom. The van der Waals surface area contributed by atoms with E-state index in [1.54, 1.807) is 0 Å². The van der Waals surface area contributed by atoms with Crippen molar-refractivity contribution in [1.29, 1.82) is 0 Å². The van der Waals surface area contributed by atoms with E-state index in [9.17, 15) is 18.0 Å². The van der Waals surface area contributed by atoms with Crippen LogP contribution in [-0.4, -0.2) is 58.0 Å². The largest absolute Gasteiger partial charge is 0.496 e. The predicted octanol–water partition coefficient (Wildman–Crippen LogP) is 0.156. The zero-order valence-corrected chi connectivity index (χ0v) is 16.7. The normalized spacial score (nSPS) is 23.8. The highest BCUT2D eigenvalue weighted by molar-refractivity contribution is 7.89. The summed E-state index contributed by atoms with van der Waals surface area (Å²) in [6.45, 7) is 3.66. The highest BCUT2D eigenvalue weighted by atomic mass is 35.5. The molecule has 3 rings (SSSR count). The molecule has 2 aliphatic heterocycles. The van der Waals surface area contributed by atoms with Gasteiger partial charge in [-0.05, 0) is 38.1 Å². The molecule has 11 heteroatoms. The number of rotatable bonds is 4. The number of halogens is 1. The number of imide groups is 1. The van der Waals surface area contributed by atoms with Gasteiger partial charge >= 0.3 is 6.03 Å². The van der Waals surface area contributed by atoms with Crippen LogP contribution in [0, 0.1) is 0 Å². The molecule has 1 aromatic carbocycles. The van der Waals surface area contributed by atoms with Gasteiger partial charge in [0.15, 0.2) is 0 Å². The summed E-state index contributed by atoms with van der Waals surface area (Å²) in [5, 5.41) is 7.88. The lowest BCUT2D eigenvalue weighted by Crippen LogP contribution is -2.41. The number of nitrogens with zero attached hydrogens (tertiary/aromatic N) is 1. The lowest BCUT2D eigenvalue weighted by Gasteiger charge is -2.25. The van der Waals surface area contributed by atoms with Gasteiger partial charge in [-0.15, -0.1) is 12.4 Å². The van der Waals surface area contributed by atoms with Crippen LogP contribution in [0.1, 0.15) is 18.9 Å². The zero-order chi connectivity index (χ0) is 18.9. The molecule has 3 N–H and O–H groups in total. The quantitative estimate of drug-likeness (QED) is 0.599. The number of urea groups is 1. The molecule has 27 heavy (non-hydrogen) atoms. The SMILES string of the molecule is COc1ccc(S(=O)(=O)N2CCCNCC2)cc1C1(C)NC(=O)NC1=O.Cl. The van der Waals surface area contributed by atoms with Gasteiger partial charge < -0.3 is 15.4 Å². The number of methoxy groups -OCH3 is 1. The fourth-order valence-electron chi connectivity index (χ4n) is 3.18. The molecule has 2 fully saturated rings. The Hall–Kier alpha value is -1.88. The second kappa shape index (κ2) is 8.01. The minimum Gasteiger partial charge on any atom is -0.496 e. The van der Waals surface area contributed by atoms with Crippen LogP contribution in [-0.2, 0) is 20.4 Å². The van der Waals surface area contributed by atoms with Crippen molar-refractivity contribution in [2.75, 3.05) is 33.3 Å². The van der Waals surface area contributed by atoms with Crippen molar-refractivity contribution >= 4 is 34.4 Å². The number of amides is 3. The first kappa shape index (κ1) is 21.4. The van der Waals surface area contributed by atoms with E-state index in [-0.39, 0.29) is 22.9 Å². The van der Waals surface area contributed by atoms with Crippen LogP contribution in [0.15, 0.2) is 23.1 Å². The fraction of sp³-hybridized carbons (Fsp3) is 0.500. The van der Waals surface area contributed by atoms with E-state index in [1.807, 2.05) is 0 Å². The molecule has 0 saturated carbocycles. The smallest absolute Gasteiger partial charge is 0.322 e. The van der Waals surface area contributed by atoms with Crippen molar-refractivity contribution in [3.8, 4) is 5.75 Å². The van der Waals surface area contributed by atoms with E-state index < -0.39 is 27.5 Å². The molecular formula is C16H23ClN4O5S. The molecule has 2 aliphatic rings. The molecule has 1 unspecified atom stereocenters. The van der Waals surface area contributed by atoms with Gasteiger partial charge in [0.05, 0.1) is 12.0 Å². The van der Waals surface area contributed by atoms with Gasteiger partial charge in [0.25, 0.3) is 5.91 Å².